The fourth-order valence-corrected chi connectivity index (χ4v) is 18.4. The highest BCUT2D eigenvalue weighted by Gasteiger charge is 2.37. The lowest BCUT2D eigenvalue weighted by molar-refractivity contribution is 0.660. The van der Waals surface area contributed by atoms with Crippen molar-refractivity contribution in [1.82, 2.24) is 49.8 Å². The van der Waals surface area contributed by atoms with E-state index in [0.717, 1.165) is 156 Å². The van der Waals surface area contributed by atoms with Crippen LogP contribution in [0.3, 0.4) is 0 Å². The summed E-state index contributed by atoms with van der Waals surface area (Å²) in [6.07, 6.45) is 0. The van der Waals surface area contributed by atoms with Crippen molar-refractivity contribution in [2.45, 2.75) is 38.5 Å². The summed E-state index contributed by atoms with van der Waals surface area (Å²) in [6.45, 7) is 9.20. The molecule has 0 bridgehead atoms. The van der Waals surface area contributed by atoms with Crippen molar-refractivity contribution < 1.29 is 8.83 Å². The molecule has 0 saturated carbocycles. The number of rotatable bonds is 14. The maximum absolute atomic E-state index is 6.34. The smallest absolute Gasteiger partial charge is 0.164 e. The molecule has 0 saturated heterocycles. The van der Waals surface area contributed by atoms with E-state index in [0.29, 0.717) is 46.6 Å². The van der Waals surface area contributed by atoms with E-state index in [9.17, 15) is 0 Å². The number of aromatic nitrogens is 10. The van der Waals surface area contributed by atoms with Crippen LogP contribution in [0.2, 0.25) is 0 Å². The van der Waals surface area contributed by atoms with Gasteiger partial charge in [0, 0.05) is 99.1 Å². The van der Waals surface area contributed by atoms with Gasteiger partial charge >= 0.3 is 0 Å². The molecule has 24 rings (SSSR count). The molecule has 6 heterocycles. The third-order valence-electron chi connectivity index (χ3n) is 25.2. The van der Waals surface area contributed by atoms with Crippen molar-refractivity contribution >= 4 is 43.9 Å². The lowest BCUT2D eigenvalue weighted by Crippen LogP contribution is -2.15. The lowest BCUT2D eigenvalue weighted by atomic mass is 9.82. The number of para-hydroxylation sites is 2. The molecule has 12 heteroatoms. The van der Waals surface area contributed by atoms with E-state index < -0.39 is 0 Å². The normalized spacial score (nSPS) is 12.7. The molecule has 0 unspecified atom stereocenters. The zero-order chi connectivity index (χ0) is 85.6. The van der Waals surface area contributed by atoms with Crippen LogP contribution in [0, 0.1) is 0 Å². The van der Waals surface area contributed by atoms with Gasteiger partial charge in [0.15, 0.2) is 46.6 Å². The predicted octanol–water partition coefficient (Wildman–Crippen LogP) is 29.1. The van der Waals surface area contributed by atoms with Crippen molar-refractivity contribution in [3.05, 3.63) is 423 Å². The minimum Gasteiger partial charge on any atom is -0.456 e. The molecule has 16 aromatic carbocycles. The number of benzene rings is 16. The number of hydrogen-bond donors (Lipinski definition) is 0. The van der Waals surface area contributed by atoms with Gasteiger partial charge in [-0.1, -0.05) is 355 Å². The minimum atomic E-state index is -0.153. The molecule has 2 aliphatic carbocycles. The van der Waals surface area contributed by atoms with Crippen LogP contribution in [-0.4, -0.2) is 49.8 Å². The Bertz CT molecular complexity index is 8050. The van der Waals surface area contributed by atoms with Gasteiger partial charge in [-0.15, -0.1) is 0 Å². The van der Waals surface area contributed by atoms with E-state index in [1.54, 1.807) is 0 Å². The van der Waals surface area contributed by atoms with E-state index in [1.165, 1.54) is 44.5 Å². The molecule has 0 spiro atoms. The Morgan fingerprint density at radius 3 is 0.914 bits per heavy atom. The van der Waals surface area contributed by atoms with Crippen LogP contribution in [0.25, 0.3) is 225 Å². The van der Waals surface area contributed by atoms with E-state index in [-0.39, 0.29) is 10.8 Å². The van der Waals surface area contributed by atoms with Crippen LogP contribution < -0.4 is 0 Å². The first-order valence-electron chi connectivity index (χ1n) is 43.1. The lowest BCUT2D eigenvalue weighted by Gasteiger charge is -2.21. The molecule has 128 heavy (non-hydrogen) atoms. The van der Waals surface area contributed by atoms with Gasteiger partial charge in [-0.2, -0.15) is 0 Å². The monoisotopic (exact) mass is 1640 g/mol. The SMILES string of the molecule is CC1(C)c2ccccc2-c2cc(-c3nc(-c4ccccc4)nc(-c4cccc(-c5ccc(-c6cc(-c7ccccc7)nc(-c7ccc8c(c7)oc7ccccc78)n6)cc5)c4)n3)ccc21.CC1(C)c2ccccc2-c2ccc(-c3nc(-c4ccc(-c5cccc(-c6nc(-c7ccccc7)nc(-c7ccccc7)n6)c5)cc4)cc(-c4ccc5c(c4)oc4ccccc45)n3)cc21. The average Bonchev–Trinajstić information content (AvgIpc) is 1.57. The van der Waals surface area contributed by atoms with Crippen LogP contribution >= 0.6 is 0 Å². The quantitative estimate of drug-likeness (QED) is 0.102. The second-order valence-corrected chi connectivity index (χ2v) is 33.8. The van der Waals surface area contributed by atoms with Crippen molar-refractivity contribution in [2.75, 3.05) is 0 Å². The van der Waals surface area contributed by atoms with Gasteiger partial charge in [0.2, 0.25) is 0 Å². The van der Waals surface area contributed by atoms with Crippen molar-refractivity contribution in [3.8, 4) is 181 Å². The van der Waals surface area contributed by atoms with E-state index >= 15 is 0 Å². The van der Waals surface area contributed by atoms with Gasteiger partial charge in [-0.05, 0) is 140 Å². The van der Waals surface area contributed by atoms with Gasteiger partial charge in [-0.3, -0.25) is 0 Å². The fourth-order valence-electron chi connectivity index (χ4n) is 18.4. The van der Waals surface area contributed by atoms with Gasteiger partial charge in [0.05, 0.1) is 22.8 Å². The summed E-state index contributed by atoms with van der Waals surface area (Å²) in [5, 5.41) is 4.34. The molecule has 0 fully saturated rings. The van der Waals surface area contributed by atoms with E-state index in [4.69, 9.17) is 58.7 Å². The second kappa shape index (κ2) is 31.3. The summed E-state index contributed by atoms with van der Waals surface area (Å²) in [4.78, 5) is 50.9. The molecule has 2 aliphatic rings. The maximum atomic E-state index is 6.34. The Kier molecular flexibility index (Phi) is 18.6. The summed E-state index contributed by atoms with van der Waals surface area (Å²) in [7, 11) is 0. The molecule has 0 atom stereocenters. The number of furan rings is 2. The maximum Gasteiger partial charge on any atom is 0.164 e. The molecule has 12 nitrogen and oxygen atoms in total. The third kappa shape index (κ3) is 13.9. The molecular formula is C116H78N10O2. The summed E-state index contributed by atoms with van der Waals surface area (Å²) >= 11 is 0. The molecular weight excluding hydrogens is 1570 g/mol. The standard InChI is InChI=1S/2C58H39N5O/c1-58(2)48-22-11-9-20-44(48)45-30-29-43(33-49(45)58)56-59-50(35-51(60-56)41-28-31-47-46-21-10-12-23-52(46)64-53(47)34-41)37-26-24-36(25-27-37)40-18-13-19-42(32-40)57-62-54(38-14-5-3-6-15-38)61-55(63-57)39-16-7-4-8-17-39;1-58(2)48-22-11-9-20-44(48)47-33-42(29-31-49(47)58)57-62-54(39-16-7-4-8-17-39)61-56(63-57)41-19-13-18-40(32-41)36-24-26-38(27-25-36)51-35-50(37-14-5-3-6-15-37)59-55(60-51)43-28-30-46-45-21-10-12-23-52(45)64-53(46)34-43/h2*3-35H,1-2H3. The average molecular weight is 1640 g/mol. The Morgan fingerprint density at radius 2 is 0.438 bits per heavy atom. The van der Waals surface area contributed by atoms with Gasteiger partial charge < -0.3 is 8.83 Å². The predicted molar refractivity (Wildman–Crippen MR) is 517 cm³/mol. The Hall–Kier alpha value is -16.7. The Labute approximate surface area is 739 Å². The van der Waals surface area contributed by atoms with Crippen molar-refractivity contribution in [2.24, 2.45) is 0 Å². The molecule has 604 valence electrons. The Balaban J connectivity index is 0.000000146. The van der Waals surface area contributed by atoms with Crippen LogP contribution in [0.15, 0.2) is 409 Å². The summed E-state index contributed by atoms with van der Waals surface area (Å²) in [5.74, 6) is 5.08. The summed E-state index contributed by atoms with van der Waals surface area (Å²) < 4.78 is 12.6. The highest BCUT2D eigenvalue weighted by molar-refractivity contribution is 6.07. The third-order valence-corrected chi connectivity index (χ3v) is 25.2. The number of nitrogens with zero attached hydrogens (tertiary/aromatic N) is 10. The Morgan fingerprint density at radius 1 is 0.156 bits per heavy atom. The van der Waals surface area contributed by atoms with E-state index in [1.807, 2.05) is 152 Å². The van der Waals surface area contributed by atoms with Crippen LogP contribution in [0.4, 0.5) is 0 Å². The first-order valence-corrected chi connectivity index (χ1v) is 43.1. The fraction of sp³-hybridized carbons (Fsp3) is 0.0517. The highest BCUT2D eigenvalue weighted by atomic mass is 16.3. The molecule has 0 radical (unpaired) electrons. The number of hydrogen-bond acceptors (Lipinski definition) is 12. The van der Waals surface area contributed by atoms with Gasteiger partial charge in [-0.25, -0.2) is 49.8 Å². The number of fused-ring (bicyclic) bond motifs is 12. The van der Waals surface area contributed by atoms with Crippen LogP contribution in [0.1, 0.15) is 49.9 Å². The topological polar surface area (TPSA) is 155 Å². The summed E-state index contributed by atoms with van der Waals surface area (Å²) in [6, 6.07) is 138. The van der Waals surface area contributed by atoms with Crippen molar-refractivity contribution in [1.29, 1.82) is 0 Å². The molecule has 22 aromatic rings. The zero-order valence-corrected chi connectivity index (χ0v) is 70.4. The van der Waals surface area contributed by atoms with Gasteiger partial charge in [0.25, 0.3) is 0 Å². The van der Waals surface area contributed by atoms with E-state index in [2.05, 4.69) is 276 Å². The molecule has 6 aromatic heterocycles. The van der Waals surface area contributed by atoms with Crippen LogP contribution in [0.5, 0.6) is 0 Å². The second-order valence-electron chi connectivity index (χ2n) is 33.8. The first kappa shape index (κ1) is 76.2. The zero-order valence-electron chi connectivity index (χ0n) is 70.4. The summed E-state index contributed by atoms with van der Waals surface area (Å²) in [5.41, 5.74) is 32.4. The largest absolute Gasteiger partial charge is 0.456 e. The van der Waals surface area contributed by atoms with Crippen LogP contribution in [-0.2, 0) is 10.8 Å². The molecule has 0 amide bonds. The van der Waals surface area contributed by atoms with Gasteiger partial charge in [0.1, 0.15) is 22.3 Å². The highest BCUT2D eigenvalue weighted by Crippen LogP contribution is 2.52. The molecule has 0 aliphatic heterocycles. The van der Waals surface area contributed by atoms with Crippen molar-refractivity contribution in [3.63, 3.8) is 0 Å². The molecule has 0 N–H and O–H groups in total. The first-order chi connectivity index (χ1) is 62.8. The minimum absolute atomic E-state index is 0.0856.